The van der Waals surface area contributed by atoms with Crippen LogP contribution in [0.15, 0.2) is 18.2 Å². The molecule has 3 rings (SSSR count). The third kappa shape index (κ3) is 3.10. The van der Waals surface area contributed by atoms with E-state index in [-0.39, 0.29) is 16.7 Å². The fraction of sp³-hybridized carbons (Fsp3) is 0.600. The second kappa shape index (κ2) is 5.89. The number of hydrogen-bond donors (Lipinski definition) is 0. The predicted octanol–water partition coefficient (Wildman–Crippen LogP) is 2.28. The maximum absolute atomic E-state index is 11.0. The fourth-order valence-electron chi connectivity index (χ4n) is 2.69. The average molecular weight is 291 g/mol. The summed E-state index contributed by atoms with van der Waals surface area (Å²) >= 11 is 0. The molecule has 1 aliphatic heterocycles. The zero-order valence-electron chi connectivity index (χ0n) is 12.3. The highest BCUT2D eigenvalue weighted by Gasteiger charge is 2.25. The first-order valence-corrected chi connectivity index (χ1v) is 7.52. The maximum atomic E-state index is 11.0. The number of rotatable bonds is 4. The first-order valence-electron chi connectivity index (χ1n) is 7.52. The second-order valence-electron chi connectivity index (χ2n) is 5.87. The largest absolute Gasteiger partial charge is 0.488 e. The van der Waals surface area contributed by atoms with Gasteiger partial charge < -0.3 is 14.5 Å². The minimum Gasteiger partial charge on any atom is -0.488 e. The van der Waals surface area contributed by atoms with Crippen LogP contribution < -0.4 is 9.64 Å². The summed E-state index contributed by atoms with van der Waals surface area (Å²) < 4.78 is 5.99. The van der Waals surface area contributed by atoms with Crippen molar-refractivity contribution in [2.45, 2.75) is 25.4 Å². The van der Waals surface area contributed by atoms with Crippen LogP contribution in [0.4, 0.5) is 11.4 Å². The van der Waals surface area contributed by atoms with Crippen molar-refractivity contribution >= 4 is 11.4 Å². The highest BCUT2D eigenvalue weighted by atomic mass is 16.6. The van der Waals surface area contributed by atoms with E-state index in [2.05, 4.69) is 16.8 Å². The Morgan fingerprint density at radius 1 is 1.24 bits per heavy atom. The molecule has 0 N–H and O–H groups in total. The molecule has 0 amide bonds. The number of ether oxygens (including phenoxy) is 1. The molecule has 0 aromatic heterocycles. The number of piperazine rings is 1. The van der Waals surface area contributed by atoms with Gasteiger partial charge in [-0.25, -0.2) is 0 Å². The van der Waals surface area contributed by atoms with Gasteiger partial charge in [0, 0.05) is 32.2 Å². The summed E-state index contributed by atoms with van der Waals surface area (Å²) in [4.78, 5) is 15.2. The zero-order valence-corrected chi connectivity index (χ0v) is 12.3. The van der Waals surface area contributed by atoms with Crippen molar-refractivity contribution in [1.29, 1.82) is 0 Å². The molecule has 1 heterocycles. The normalized spacial score (nSPS) is 20.1. The lowest BCUT2D eigenvalue weighted by atomic mass is 9.96. The highest BCUT2D eigenvalue weighted by Crippen LogP contribution is 2.36. The van der Waals surface area contributed by atoms with Gasteiger partial charge in [-0.05, 0) is 32.4 Å². The Morgan fingerprint density at radius 3 is 2.52 bits per heavy atom. The number of hydrogen-bond acceptors (Lipinski definition) is 5. The molecule has 114 valence electrons. The summed E-state index contributed by atoms with van der Waals surface area (Å²) in [7, 11) is 2.11. The van der Waals surface area contributed by atoms with Gasteiger partial charge in [0.05, 0.1) is 22.8 Å². The lowest BCUT2D eigenvalue weighted by Gasteiger charge is -2.36. The molecule has 6 nitrogen and oxygen atoms in total. The third-order valence-corrected chi connectivity index (χ3v) is 4.34. The summed E-state index contributed by atoms with van der Waals surface area (Å²) in [6, 6.07) is 4.98. The van der Waals surface area contributed by atoms with Crippen molar-refractivity contribution in [3.63, 3.8) is 0 Å². The van der Waals surface area contributed by atoms with E-state index >= 15 is 0 Å². The van der Waals surface area contributed by atoms with E-state index in [0.717, 1.165) is 44.7 Å². The lowest BCUT2D eigenvalue weighted by Crippen LogP contribution is -2.44. The molecule has 1 aromatic rings. The number of anilines is 1. The van der Waals surface area contributed by atoms with E-state index in [0.29, 0.717) is 5.75 Å². The van der Waals surface area contributed by atoms with Crippen LogP contribution in [0.5, 0.6) is 5.75 Å². The first-order chi connectivity index (χ1) is 10.1. The zero-order chi connectivity index (χ0) is 14.8. The lowest BCUT2D eigenvalue weighted by molar-refractivity contribution is -0.384. The molecule has 1 aromatic carbocycles. The first kappa shape index (κ1) is 14.1. The minimum absolute atomic E-state index is 0.0993. The third-order valence-electron chi connectivity index (χ3n) is 4.34. The SMILES string of the molecule is CN1CCN(c2ccc([N+](=O)[O-])cc2OC2CCC2)CC1. The summed E-state index contributed by atoms with van der Waals surface area (Å²) in [5.41, 5.74) is 1.09. The van der Waals surface area contributed by atoms with Crippen LogP contribution >= 0.6 is 0 Å². The molecule has 2 fully saturated rings. The highest BCUT2D eigenvalue weighted by molar-refractivity contribution is 5.62. The van der Waals surface area contributed by atoms with Crippen molar-refractivity contribution < 1.29 is 9.66 Å². The Balaban J connectivity index is 1.84. The van der Waals surface area contributed by atoms with E-state index in [9.17, 15) is 10.1 Å². The van der Waals surface area contributed by atoms with Crippen molar-refractivity contribution in [2.75, 3.05) is 38.1 Å². The van der Waals surface area contributed by atoms with E-state index < -0.39 is 0 Å². The summed E-state index contributed by atoms with van der Waals surface area (Å²) in [5, 5.41) is 11.0. The van der Waals surface area contributed by atoms with E-state index in [1.807, 2.05) is 6.07 Å². The van der Waals surface area contributed by atoms with Gasteiger partial charge in [0.1, 0.15) is 5.75 Å². The molecule has 0 spiro atoms. The second-order valence-corrected chi connectivity index (χ2v) is 5.87. The predicted molar refractivity (Wildman–Crippen MR) is 81.1 cm³/mol. The van der Waals surface area contributed by atoms with Crippen molar-refractivity contribution in [1.82, 2.24) is 4.90 Å². The number of nitrogens with zero attached hydrogens (tertiary/aromatic N) is 3. The summed E-state index contributed by atoms with van der Waals surface area (Å²) in [5.74, 6) is 0.665. The molecule has 0 bridgehead atoms. The molecule has 0 radical (unpaired) electrons. The standard InChI is InChI=1S/C15H21N3O3/c1-16-7-9-17(10-8-16)14-6-5-12(18(19)20)11-15(14)21-13-3-2-4-13/h5-6,11,13H,2-4,7-10H2,1H3. The summed E-state index contributed by atoms with van der Waals surface area (Å²) in [6.45, 7) is 3.85. The number of likely N-dealkylation sites (N-methyl/N-ethyl adjacent to an activating group) is 1. The van der Waals surface area contributed by atoms with Gasteiger partial charge in [-0.15, -0.1) is 0 Å². The minimum atomic E-state index is -0.360. The Bertz CT molecular complexity index is 523. The molecule has 0 unspecified atom stereocenters. The van der Waals surface area contributed by atoms with Crippen molar-refractivity contribution in [2.24, 2.45) is 0 Å². The van der Waals surface area contributed by atoms with Gasteiger partial charge in [-0.3, -0.25) is 10.1 Å². The molecule has 1 saturated heterocycles. The van der Waals surface area contributed by atoms with E-state index in [4.69, 9.17) is 4.74 Å². The Hall–Kier alpha value is -1.82. The Kier molecular flexibility index (Phi) is 3.96. The van der Waals surface area contributed by atoms with Gasteiger partial charge in [0.25, 0.3) is 5.69 Å². The fourth-order valence-corrected chi connectivity index (χ4v) is 2.69. The van der Waals surface area contributed by atoms with Gasteiger partial charge >= 0.3 is 0 Å². The number of benzene rings is 1. The number of nitro benzene ring substituents is 1. The molecule has 21 heavy (non-hydrogen) atoms. The quantitative estimate of drug-likeness (QED) is 0.629. The van der Waals surface area contributed by atoms with Crippen LogP contribution in [-0.4, -0.2) is 49.2 Å². The van der Waals surface area contributed by atoms with Gasteiger partial charge in [-0.1, -0.05) is 0 Å². The van der Waals surface area contributed by atoms with Crippen LogP contribution in [0.25, 0.3) is 0 Å². The Labute approximate surface area is 124 Å². The average Bonchev–Trinajstić information content (AvgIpc) is 2.43. The van der Waals surface area contributed by atoms with Crippen molar-refractivity contribution in [3.05, 3.63) is 28.3 Å². The monoisotopic (exact) mass is 291 g/mol. The van der Waals surface area contributed by atoms with Crippen LogP contribution in [0, 0.1) is 10.1 Å². The smallest absolute Gasteiger partial charge is 0.273 e. The number of non-ortho nitro benzene ring substituents is 1. The van der Waals surface area contributed by atoms with Gasteiger partial charge in [-0.2, -0.15) is 0 Å². The topological polar surface area (TPSA) is 58.9 Å². The molecule has 0 atom stereocenters. The van der Waals surface area contributed by atoms with Crippen LogP contribution in [0.2, 0.25) is 0 Å². The van der Waals surface area contributed by atoms with E-state index in [1.54, 1.807) is 12.1 Å². The Morgan fingerprint density at radius 2 is 1.95 bits per heavy atom. The van der Waals surface area contributed by atoms with Crippen LogP contribution in [0.3, 0.4) is 0 Å². The maximum Gasteiger partial charge on any atom is 0.273 e. The van der Waals surface area contributed by atoms with Crippen LogP contribution in [-0.2, 0) is 0 Å². The summed E-state index contributed by atoms with van der Waals surface area (Å²) in [6.07, 6.45) is 3.50. The molecule has 2 aliphatic rings. The molecular weight excluding hydrogens is 270 g/mol. The molecule has 6 heteroatoms. The van der Waals surface area contributed by atoms with Gasteiger partial charge in [0.15, 0.2) is 0 Å². The van der Waals surface area contributed by atoms with Crippen molar-refractivity contribution in [3.8, 4) is 5.75 Å². The van der Waals surface area contributed by atoms with E-state index in [1.165, 1.54) is 6.42 Å². The van der Waals surface area contributed by atoms with Gasteiger partial charge in [0.2, 0.25) is 0 Å². The molecular formula is C15H21N3O3. The van der Waals surface area contributed by atoms with Crippen LogP contribution in [0.1, 0.15) is 19.3 Å². The number of nitro groups is 1. The molecule has 1 saturated carbocycles. The molecule has 1 aliphatic carbocycles.